The van der Waals surface area contributed by atoms with E-state index in [-0.39, 0.29) is 5.97 Å². The van der Waals surface area contributed by atoms with Crippen LogP contribution >= 0.6 is 0 Å². The summed E-state index contributed by atoms with van der Waals surface area (Å²) >= 11 is 0. The number of carbonyl (C=O) groups is 1. The van der Waals surface area contributed by atoms with E-state index in [9.17, 15) is 4.79 Å². The predicted molar refractivity (Wildman–Crippen MR) is 76.7 cm³/mol. The summed E-state index contributed by atoms with van der Waals surface area (Å²) in [5.41, 5.74) is 1.73. The molecule has 1 aliphatic rings. The molecule has 0 radical (unpaired) electrons. The Morgan fingerprint density at radius 3 is 3.11 bits per heavy atom. The molecule has 1 atom stereocenters. The van der Waals surface area contributed by atoms with E-state index in [4.69, 9.17) is 4.74 Å². The molecular weight excluding hydrogens is 240 g/mol. The third-order valence-electron chi connectivity index (χ3n) is 3.57. The van der Waals surface area contributed by atoms with E-state index in [2.05, 4.69) is 23.2 Å². The molecule has 1 fully saturated rings. The largest absolute Gasteiger partial charge is 0.465 e. The topological polar surface area (TPSA) is 41.6 Å². The first kappa shape index (κ1) is 13.9. The summed E-state index contributed by atoms with van der Waals surface area (Å²) in [6.07, 6.45) is 2.33. The molecule has 104 valence electrons. The highest BCUT2D eigenvalue weighted by molar-refractivity contribution is 5.90. The number of ether oxygens (including phenoxy) is 1. The molecule has 4 nitrogen and oxygen atoms in total. The third-order valence-corrected chi connectivity index (χ3v) is 3.57. The number of benzene rings is 1. The van der Waals surface area contributed by atoms with Gasteiger partial charge >= 0.3 is 5.97 Å². The zero-order chi connectivity index (χ0) is 13.7. The Balaban J connectivity index is 2.21. The second kappa shape index (κ2) is 6.57. The summed E-state index contributed by atoms with van der Waals surface area (Å²) in [5, 5.41) is 3.43. The quantitative estimate of drug-likeness (QED) is 0.843. The van der Waals surface area contributed by atoms with E-state index >= 15 is 0 Å². The van der Waals surface area contributed by atoms with Crippen LogP contribution in [0.15, 0.2) is 24.3 Å². The lowest BCUT2D eigenvalue weighted by Gasteiger charge is -2.38. The van der Waals surface area contributed by atoms with Crippen molar-refractivity contribution in [2.24, 2.45) is 0 Å². The van der Waals surface area contributed by atoms with Crippen LogP contribution in [0.3, 0.4) is 0 Å². The Hall–Kier alpha value is -1.55. The molecule has 2 rings (SSSR count). The number of hydrogen-bond donors (Lipinski definition) is 1. The van der Waals surface area contributed by atoms with Crippen LogP contribution in [0, 0.1) is 0 Å². The van der Waals surface area contributed by atoms with Gasteiger partial charge in [0, 0.05) is 31.4 Å². The number of anilines is 1. The summed E-state index contributed by atoms with van der Waals surface area (Å²) in [5.74, 6) is -0.274. The van der Waals surface area contributed by atoms with Crippen LogP contribution in [0.1, 0.15) is 30.1 Å². The van der Waals surface area contributed by atoms with Gasteiger partial charge < -0.3 is 15.0 Å². The lowest BCUT2D eigenvalue weighted by Crippen LogP contribution is -2.51. The van der Waals surface area contributed by atoms with Gasteiger partial charge in [-0.3, -0.25) is 0 Å². The fraction of sp³-hybridized carbons (Fsp3) is 0.533. The number of methoxy groups -OCH3 is 1. The maximum absolute atomic E-state index is 11.6. The monoisotopic (exact) mass is 262 g/mol. The molecule has 1 saturated heterocycles. The van der Waals surface area contributed by atoms with Crippen LogP contribution in [-0.2, 0) is 4.74 Å². The molecule has 0 saturated carbocycles. The van der Waals surface area contributed by atoms with Crippen molar-refractivity contribution in [2.75, 3.05) is 31.6 Å². The first-order valence-corrected chi connectivity index (χ1v) is 6.92. The molecule has 1 heterocycles. The lowest BCUT2D eigenvalue weighted by atomic mass is 10.1. The zero-order valence-electron chi connectivity index (χ0n) is 11.7. The van der Waals surface area contributed by atoms with Gasteiger partial charge in [-0.1, -0.05) is 19.4 Å². The van der Waals surface area contributed by atoms with E-state index in [0.717, 1.165) is 31.7 Å². The number of carbonyl (C=O) groups excluding carboxylic acids is 1. The number of hydrogen-bond acceptors (Lipinski definition) is 4. The van der Waals surface area contributed by atoms with E-state index < -0.39 is 0 Å². The minimum Gasteiger partial charge on any atom is -0.465 e. The third kappa shape index (κ3) is 3.26. The van der Waals surface area contributed by atoms with Gasteiger partial charge in [0.05, 0.1) is 12.7 Å². The van der Waals surface area contributed by atoms with Crippen molar-refractivity contribution in [2.45, 2.75) is 25.8 Å². The summed E-state index contributed by atoms with van der Waals surface area (Å²) in [4.78, 5) is 14.0. The van der Waals surface area contributed by atoms with E-state index in [0.29, 0.717) is 11.6 Å². The van der Waals surface area contributed by atoms with Crippen LogP contribution in [0.5, 0.6) is 0 Å². The SMILES string of the molecule is CCC[C@H]1CNCCN1c1cccc(C(=O)OC)c1. The average molecular weight is 262 g/mol. The van der Waals surface area contributed by atoms with Crippen molar-refractivity contribution in [3.63, 3.8) is 0 Å². The highest BCUT2D eigenvalue weighted by Gasteiger charge is 2.22. The minimum absolute atomic E-state index is 0.274. The van der Waals surface area contributed by atoms with Gasteiger partial charge in [0.2, 0.25) is 0 Å². The summed E-state index contributed by atoms with van der Waals surface area (Å²) in [7, 11) is 1.42. The molecule has 0 aliphatic carbocycles. The Bertz CT molecular complexity index is 432. The van der Waals surface area contributed by atoms with Gasteiger partial charge in [0.1, 0.15) is 0 Å². The highest BCUT2D eigenvalue weighted by atomic mass is 16.5. The standard InChI is InChI=1S/C15H22N2O2/c1-3-5-14-11-16-8-9-17(14)13-7-4-6-12(10-13)15(18)19-2/h4,6-7,10,14,16H,3,5,8-9,11H2,1-2H3/t14-/m0/s1. The molecule has 0 amide bonds. The Kier molecular flexibility index (Phi) is 4.80. The molecule has 4 heteroatoms. The van der Waals surface area contributed by atoms with Gasteiger partial charge in [-0.25, -0.2) is 4.79 Å². The van der Waals surface area contributed by atoms with Crippen LogP contribution < -0.4 is 10.2 Å². The van der Waals surface area contributed by atoms with Crippen LogP contribution in [0.25, 0.3) is 0 Å². The molecule has 0 unspecified atom stereocenters. The number of nitrogens with zero attached hydrogens (tertiary/aromatic N) is 1. The number of nitrogens with one attached hydrogen (secondary N) is 1. The van der Waals surface area contributed by atoms with Gasteiger partial charge in [-0.2, -0.15) is 0 Å². The first-order valence-electron chi connectivity index (χ1n) is 6.92. The van der Waals surface area contributed by atoms with Gasteiger partial charge in [-0.15, -0.1) is 0 Å². The minimum atomic E-state index is -0.274. The molecule has 0 aromatic heterocycles. The molecule has 1 N–H and O–H groups in total. The summed E-state index contributed by atoms with van der Waals surface area (Å²) in [6, 6.07) is 8.23. The van der Waals surface area contributed by atoms with Crippen LogP contribution in [-0.4, -0.2) is 38.8 Å². The zero-order valence-corrected chi connectivity index (χ0v) is 11.7. The highest BCUT2D eigenvalue weighted by Crippen LogP contribution is 2.22. The van der Waals surface area contributed by atoms with Crippen molar-refractivity contribution < 1.29 is 9.53 Å². The fourth-order valence-electron chi connectivity index (χ4n) is 2.62. The Labute approximate surface area is 114 Å². The van der Waals surface area contributed by atoms with Crippen molar-refractivity contribution >= 4 is 11.7 Å². The van der Waals surface area contributed by atoms with Gasteiger partial charge in [0.25, 0.3) is 0 Å². The Morgan fingerprint density at radius 1 is 1.53 bits per heavy atom. The Morgan fingerprint density at radius 2 is 2.37 bits per heavy atom. The summed E-state index contributed by atoms with van der Waals surface area (Å²) in [6.45, 7) is 5.19. The van der Waals surface area contributed by atoms with E-state index in [1.807, 2.05) is 12.1 Å². The molecule has 19 heavy (non-hydrogen) atoms. The second-order valence-electron chi connectivity index (χ2n) is 4.88. The maximum Gasteiger partial charge on any atom is 0.337 e. The van der Waals surface area contributed by atoms with Crippen molar-refractivity contribution in [3.8, 4) is 0 Å². The molecular formula is C15H22N2O2. The summed E-state index contributed by atoms with van der Waals surface area (Å²) < 4.78 is 4.78. The molecule has 1 aromatic rings. The van der Waals surface area contributed by atoms with Gasteiger partial charge in [-0.05, 0) is 24.6 Å². The predicted octanol–water partition coefficient (Wildman–Crippen LogP) is 2.05. The first-order chi connectivity index (χ1) is 9.26. The lowest BCUT2D eigenvalue weighted by molar-refractivity contribution is 0.0601. The normalized spacial score (nSPS) is 19.3. The molecule has 1 aromatic carbocycles. The van der Waals surface area contributed by atoms with Crippen molar-refractivity contribution in [1.29, 1.82) is 0 Å². The van der Waals surface area contributed by atoms with E-state index in [1.165, 1.54) is 13.5 Å². The van der Waals surface area contributed by atoms with Crippen molar-refractivity contribution in [1.82, 2.24) is 5.32 Å². The maximum atomic E-state index is 11.6. The average Bonchev–Trinajstić information content (AvgIpc) is 2.47. The molecule has 0 bridgehead atoms. The van der Waals surface area contributed by atoms with Gasteiger partial charge in [0.15, 0.2) is 0 Å². The number of esters is 1. The smallest absolute Gasteiger partial charge is 0.337 e. The van der Waals surface area contributed by atoms with Crippen LogP contribution in [0.2, 0.25) is 0 Å². The number of rotatable bonds is 4. The van der Waals surface area contributed by atoms with E-state index in [1.54, 1.807) is 6.07 Å². The number of piperazine rings is 1. The van der Waals surface area contributed by atoms with Crippen molar-refractivity contribution in [3.05, 3.63) is 29.8 Å². The fourth-order valence-corrected chi connectivity index (χ4v) is 2.62. The second-order valence-corrected chi connectivity index (χ2v) is 4.88. The molecule has 0 spiro atoms. The molecule has 1 aliphatic heterocycles. The van der Waals surface area contributed by atoms with Crippen LogP contribution in [0.4, 0.5) is 5.69 Å².